The number of nitrogens with zero attached hydrogens (tertiary/aromatic N) is 1. The number of furan rings is 1. The Balaban J connectivity index is 1.73. The fourth-order valence-corrected chi connectivity index (χ4v) is 3.03. The van der Waals surface area contributed by atoms with Crippen molar-refractivity contribution in [2.75, 3.05) is 13.1 Å². The molecule has 0 aliphatic carbocycles. The van der Waals surface area contributed by atoms with Gasteiger partial charge in [0.2, 0.25) is 5.91 Å². The molecule has 1 saturated heterocycles. The smallest absolute Gasteiger partial charge is 0.246 e. The van der Waals surface area contributed by atoms with Crippen LogP contribution in [0.4, 0.5) is 0 Å². The Morgan fingerprint density at radius 1 is 1.09 bits per heavy atom. The standard InChI is InChI=1S/C18H17Cl2NO2/c19-13-4-7-16(20)15(12-13)17-8-5-14(23-17)6-9-18(22)21-10-2-1-3-11-21/h4-9,12H,1-3,10-11H2. The first-order chi connectivity index (χ1) is 11.1. The molecule has 1 aromatic carbocycles. The van der Waals surface area contributed by atoms with E-state index in [0.29, 0.717) is 21.6 Å². The Bertz CT molecular complexity index is 730. The van der Waals surface area contributed by atoms with Gasteiger partial charge in [0.15, 0.2) is 0 Å². The molecule has 2 aromatic rings. The molecule has 3 rings (SSSR count). The van der Waals surface area contributed by atoms with Crippen LogP contribution in [0.15, 0.2) is 40.8 Å². The summed E-state index contributed by atoms with van der Waals surface area (Å²) in [6.45, 7) is 1.68. The zero-order valence-electron chi connectivity index (χ0n) is 12.6. The molecule has 120 valence electrons. The van der Waals surface area contributed by atoms with Gasteiger partial charge in [0.1, 0.15) is 11.5 Å². The lowest BCUT2D eigenvalue weighted by molar-refractivity contribution is -0.126. The molecule has 0 N–H and O–H groups in total. The first-order valence-corrected chi connectivity index (χ1v) is 8.41. The number of carbonyl (C=O) groups excluding carboxylic acids is 1. The number of piperidine rings is 1. The highest BCUT2D eigenvalue weighted by Gasteiger charge is 2.14. The van der Waals surface area contributed by atoms with E-state index in [1.807, 2.05) is 17.0 Å². The zero-order valence-corrected chi connectivity index (χ0v) is 14.1. The van der Waals surface area contributed by atoms with E-state index in [0.717, 1.165) is 31.5 Å². The highest BCUT2D eigenvalue weighted by Crippen LogP contribution is 2.32. The SMILES string of the molecule is O=C(C=Cc1ccc(-c2cc(Cl)ccc2Cl)o1)N1CCCCC1. The van der Waals surface area contributed by atoms with Crippen molar-refractivity contribution < 1.29 is 9.21 Å². The van der Waals surface area contributed by atoms with Crippen molar-refractivity contribution in [2.45, 2.75) is 19.3 Å². The molecule has 0 spiro atoms. The Morgan fingerprint density at radius 3 is 2.65 bits per heavy atom. The van der Waals surface area contributed by atoms with Gasteiger partial charge < -0.3 is 9.32 Å². The van der Waals surface area contributed by atoms with Crippen molar-refractivity contribution in [1.82, 2.24) is 4.90 Å². The summed E-state index contributed by atoms with van der Waals surface area (Å²) >= 11 is 12.2. The number of benzene rings is 1. The minimum atomic E-state index is 0.0310. The molecule has 0 unspecified atom stereocenters. The number of hydrogen-bond donors (Lipinski definition) is 0. The molecule has 1 aliphatic heterocycles. The van der Waals surface area contributed by atoms with Gasteiger partial charge >= 0.3 is 0 Å². The predicted octanol–water partition coefficient (Wildman–Crippen LogP) is 5.28. The van der Waals surface area contributed by atoms with Crippen molar-refractivity contribution in [3.63, 3.8) is 0 Å². The summed E-state index contributed by atoms with van der Waals surface area (Å²) < 4.78 is 5.74. The maximum atomic E-state index is 12.1. The molecular formula is C18H17Cl2NO2. The largest absolute Gasteiger partial charge is 0.457 e. The summed E-state index contributed by atoms with van der Waals surface area (Å²) in [5, 5.41) is 1.17. The molecule has 3 nitrogen and oxygen atoms in total. The monoisotopic (exact) mass is 349 g/mol. The Hall–Kier alpha value is -1.71. The number of amides is 1. The van der Waals surface area contributed by atoms with Crippen LogP contribution in [0.1, 0.15) is 25.0 Å². The number of hydrogen-bond acceptors (Lipinski definition) is 2. The topological polar surface area (TPSA) is 33.5 Å². The van der Waals surface area contributed by atoms with E-state index >= 15 is 0 Å². The summed E-state index contributed by atoms with van der Waals surface area (Å²) in [7, 11) is 0. The first-order valence-electron chi connectivity index (χ1n) is 7.66. The second kappa shape index (κ2) is 7.24. The number of halogens is 2. The van der Waals surface area contributed by atoms with E-state index in [2.05, 4.69) is 0 Å². The molecule has 1 aliphatic rings. The quantitative estimate of drug-likeness (QED) is 0.706. The van der Waals surface area contributed by atoms with Crippen LogP contribution in [-0.2, 0) is 4.79 Å². The van der Waals surface area contributed by atoms with Crippen molar-refractivity contribution in [3.05, 3.63) is 52.2 Å². The van der Waals surface area contributed by atoms with Crippen LogP contribution in [0.3, 0.4) is 0 Å². The molecule has 1 aromatic heterocycles. The molecule has 2 heterocycles. The van der Waals surface area contributed by atoms with Gasteiger partial charge in [-0.1, -0.05) is 23.2 Å². The second-order valence-electron chi connectivity index (χ2n) is 5.55. The minimum absolute atomic E-state index is 0.0310. The summed E-state index contributed by atoms with van der Waals surface area (Å²) in [5.74, 6) is 1.27. The second-order valence-corrected chi connectivity index (χ2v) is 6.39. The number of likely N-dealkylation sites (tertiary alicyclic amines) is 1. The van der Waals surface area contributed by atoms with Gasteiger partial charge in [-0.25, -0.2) is 0 Å². The molecule has 1 amide bonds. The fourth-order valence-electron chi connectivity index (χ4n) is 2.65. The maximum absolute atomic E-state index is 12.1. The third-order valence-corrected chi connectivity index (χ3v) is 4.44. The highest BCUT2D eigenvalue weighted by atomic mass is 35.5. The van der Waals surface area contributed by atoms with Crippen LogP contribution in [0.5, 0.6) is 0 Å². The Morgan fingerprint density at radius 2 is 1.87 bits per heavy atom. The van der Waals surface area contributed by atoms with E-state index in [-0.39, 0.29) is 5.91 Å². The molecule has 0 bridgehead atoms. The van der Waals surface area contributed by atoms with Crippen LogP contribution in [0.2, 0.25) is 10.0 Å². The van der Waals surface area contributed by atoms with Crippen LogP contribution in [-0.4, -0.2) is 23.9 Å². The van der Waals surface area contributed by atoms with Gasteiger partial charge in [0, 0.05) is 29.8 Å². The van der Waals surface area contributed by atoms with Crippen LogP contribution >= 0.6 is 23.2 Å². The van der Waals surface area contributed by atoms with Crippen LogP contribution < -0.4 is 0 Å². The van der Waals surface area contributed by atoms with E-state index in [4.69, 9.17) is 27.6 Å². The van der Waals surface area contributed by atoms with Crippen molar-refractivity contribution in [2.24, 2.45) is 0 Å². The molecule has 1 fully saturated rings. The van der Waals surface area contributed by atoms with Crippen LogP contribution in [0, 0.1) is 0 Å². The van der Waals surface area contributed by atoms with Gasteiger partial charge in [-0.15, -0.1) is 0 Å². The fraction of sp³-hybridized carbons (Fsp3) is 0.278. The van der Waals surface area contributed by atoms with Gasteiger partial charge in [-0.2, -0.15) is 0 Å². The van der Waals surface area contributed by atoms with Crippen molar-refractivity contribution in [3.8, 4) is 11.3 Å². The van der Waals surface area contributed by atoms with E-state index in [9.17, 15) is 4.79 Å². The van der Waals surface area contributed by atoms with Crippen molar-refractivity contribution in [1.29, 1.82) is 0 Å². The maximum Gasteiger partial charge on any atom is 0.246 e. The molecule has 0 atom stereocenters. The average molecular weight is 350 g/mol. The van der Waals surface area contributed by atoms with Gasteiger partial charge in [0.25, 0.3) is 0 Å². The predicted molar refractivity (Wildman–Crippen MR) is 93.6 cm³/mol. The molecular weight excluding hydrogens is 333 g/mol. The lowest BCUT2D eigenvalue weighted by atomic mass is 10.1. The molecule has 23 heavy (non-hydrogen) atoms. The summed E-state index contributed by atoms with van der Waals surface area (Å²) in [5.41, 5.74) is 0.737. The highest BCUT2D eigenvalue weighted by molar-refractivity contribution is 6.35. The normalized spacial score (nSPS) is 15.3. The zero-order chi connectivity index (χ0) is 16.2. The Labute approximate surface area is 145 Å². The molecule has 0 radical (unpaired) electrons. The average Bonchev–Trinajstić information content (AvgIpc) is 3.04. The minimum Gasteiger partial charge on any atom is -0.457 e. The summed E-state index contributed by atoms with van der Waals surface area (Å²) in [6.07, 6.45) is 6.62. The number of rotatable bonds is 3. The molecule has 5 heteroatoms. The van der Waals surface area contributed by atoms with Crippen molar-refractivity contribution >= 4 is 35.2 Å². The third-order valence-electron chi connectivity index (χ3n) is 3.88. The summed E-state index contributed by atoms with van der Waals surface area (Å²) in [6, 6.07) is 8.86. The van der Waals surface area contributed by atoms with Gasteiger partial charge in [-0.05, 0) is 55.7 Å². The first kappa shape index (κ1) is 16.2. The molecule has 0 saturated carbocycles. The lowest BCUT2D eigenvalue weighted by Gasteiger charge is -2.25. The van der Waals surface area contributed by atoms with Crippen LogP contribution in [0.25, 0.3) is 17.4 Å². The third kappa shape index (κ3) is 3.98. The van der Waals surface area contributed by atoms with E-state index in [1.165, 1.54) is 6.42 Å². The number of carbonyl (C=O) groups is 1. The van der Waals surface area contributed by atoms with E-state index < -0.39 is 0 Å². The summed E-state index contributed by atoms with van der Waals surface area (Å²) in [4.78, 5) is 14.0. The van der Waals surface area contributed by atoms with Gasteiger partial charge in [0.05, 0.1) is 5.02 Å². The Kier molecular flexibility index (Phi) is 5.09. The van der Waals surface area contributed by atoms with Gasteiger partial charge in [-0.3, -0.25) is 4.79 Å². The van der Waals surface area contributed by atoms with E-state index in [1.54, 1.807) is 30.4 Å². The lowest BCUT2D eigenvalue weighted by Crippen LogP contribution is -2.34.